The Morgan fingerprint density at radius 3 is 2.13 bits per heavy atom. The molecule has 122 valence electrons. The van der Waals surface area contributed by atoms with E-state index < -0.39 is 17.4 Å². The second-order valence-electron chi connectivity index (χ2n) is 4.52. The van der Waals surface area contributed by atoms with Gasteiger partial charge in [0.25, 0.3) is 5.91 Å². The van der Waals surface area contributed by atoms with Gasteiger partial charge in [-0.3, -0.25) is 4.79 Å². The molecule has 23 heavy (non-hydrogen) atoms. The highest BCUT2D eigenvalue weighted by atomic mass is 35.5. The van der Waals surface area contributed by atoms with Crippen molar-refractivity contribution in [2.75, 3.05) is 0 Å². The van der Waals surface area contributed by atoms with E-state index in [1.807, 2.05) is 17.5 Å². The SMILES string of the molecule is C[C@H](NC(=O)c1c(Cl)c(Cl)c(Cl)c(Cl)c1C(=O)O)c1cccs1. The standard InChI is InChI=1S/C14H9Cl4NO3S/c1-5(6-3-2-4-23-6)19-13(20)7-8(14(21)22)10(16)12(18)11(17)9(7)15/h2-5H,1H3,(H,19,20)(H,21,22)/t5-/m0/s1. The number of hydrogen-bond acceptors (Lipinski definition) is 3. The van der Waals surface area contributed by atoms with E-state index in [-0.39, 0.29) is 31.7 Å². The minimum absolute atomic E-state index is 0.169. The molecule has 9 heteroatoms. The first kappa shape index (κ1) is 18.4. The van der Waals surface area contributed by atoms with Crippen LogP contribution in [0.3, 0.4) is 0 Å². The van der Waals surface area contributed by atoms with E-state index in [4.69, 9.17) is 46.4 Å². The Hall–Kier alpha value is -0.980. The van der Waals surface area contributed by atoms with Crippen molar-refractivity contribution in [3.8, 4) is 0 Å². The fraction of sp³-hybridized carbons (Fsp3) is 0.143. The van der Waals surface area contributed by atoms with E-state index in [0.717, 1.165) is 4.88 Å². The van der Waals surface area contributed by atoms with Crippen molar-refractivity contribution in [2.45, 2.75) is 13.0 Å². The van der Waals surface area contributed by atoms with Crippen LogP contribution in [0.4, 0.5) is 0 Å². The Labute approximate surface area is 155 Å². The number of halogens is 4. The van der Waals surface area contributed by atoms with Gasteiger partial charge in [-0.15, -0.1) is 11.3 Å². The van der Waals surface area contributed by atoms with Gasteiger partial charge in [-0.25, -0.2) is 4.79 Å². The van der Waals surface area contributed by atoms with Crippen LogP contribution in [-0.2, 0) is 0 Å². The average molecular weight is 413 g/mol. The molecule has 0 aliphatic carbocycles. The van der Waals surface area contributed by atoms with Gasteiger partial charge < -0.3 is 10.4 Å². The Morgan fingerprint density at radius 2 is 1.65 bits per heavy atom. The fourth-order valence-corrected chi connectivity index (χ4v) is 3.68. The van der Waals surface area contributed by atoms with Gasteiger partial charge in [-0.05, 0) is 18.4 Å². The third kappa shape index (κ3) is 3.59. The third-order valence-corrected chi connectivity index (χ3v) is 5.88. The van der Waals surface area contributed by atoms with Crippen LogP contribution in [0.25, 0.3) is 0 Å². The number of hydrogen-bond donors (Lipinski definition) is 2. The van der Waals surface area contributed by atoms with Gasteiger partial charge in [0, 0.05) is 4.88 Å². The van der Waals surface area contributed by atoms with E-state index in [0.29, 0.717) is 0 Å². The third-order valence-electron chi connectivity index (χ3n) is 3.03. The summed E-state index contributed by atoms with van der Waals surface area (Å²) in [5, 5.41) is 12.9. The molecule has 0 radical (unpaired) electrons. The molecule has 0 unspecified atom stereocenters. The molecule has 1 atom stereocenters. The molecule has 1 aromatic heterocycles. The molecular weight excluding hydrogens is 404 g/mol. The molecular formula is C14H9Cl4NO3S. The molecule has 0 saturated carbocycles. The zero-order valence-electron chi connectivity index (χ0n) is 11.5. The lowest BCUT2D eigenvalue weighted by Crippen LogP contribution is -2.28. The highest BCUT2D eigenvalue weighted by Gasteiger charge is 2.29. The molecule has 2 N–H and O–H groups in total. The topological polar surface area (TPSA) is 66.4 Å². The largest absolute Gasteiger partial charge is 0.478 e. The van der Waals surface area contributed by atoms with Crippen molar-refractivity contribution in [3.63, 3.8) is 0 Å². The first-order chi connectivity index (χ1) is 10.8. The lowest BCUT2D eigenvalue weighted by Gasteiger charge is -2.16. The van der Waals surface area contributed by atoms with Crippen LogP contribution in [0.15, 0.2) is 17.5 Å². The van der Waals surface area contributed by atoms with Crippen molar-refractivity contribution in [2.24, 2.45) is 0 Å². The predicted molar refractivity (Wildman–Crippen MR) is 93.6 cm³/mol. The van der Waals surface area contributed by atoms with Crippen molar-refractivity contribution in [3.05, 3.63) is 53.6 Å². The van der Waals surface area contributed by atoms with Gasteiger partial charge in [0.2, 0.25) is 0 Å². The first-order valence-corrected chi connectivity index (χ1v) is 8.58. The minimum atomic E-state index is -1.43. The van der Waals surface area contributed by atoms with Gasteiger partial charge in [-0.1, -0.05) is 52.5 Å². The maximum Gasteiger partial charge on any atom is 0.338 e. The molecule has 0 bridgehead atoms. The number of rotatable bonds is 4. The number of thiophene rings is 1. The zero-order valence-corrected chi connectivity index (χ0v) is 15.3. The second kappa shape index (κ2) is 7.28. The molecule has 0 aliphatic heterocycles. The van der Waals surface area contributed by atoms with Gasteiger partial charge in [0.15, 0.2) is 0 Å². The smallest absolute Gasteiger partial charge is 0.338 e. The number of carbonyl (C=O) groups excluding carboxylic acids is 1. The molecule has 0 aliphatic rings. The zero-order chi connectivity index (χ0) is 17.3. The lowest BCUT2D eigenvalue weighted by molar-refractivity contribution is 0.0691. The Balaban J connectivity index is 2.49. The molecule has 2 rings (SSSR count). The van der Waals surface area contributed by atoms with Crippen LogP contribution in [-0.4, -0.2) is 17.0 Å². The van der Waals surface area contributed by atoms with Gasteiger partial charge in [0.1, 0.15) is 0 Å². The number of nitrogens with one attached hydrogen (secondary N) is 1. The second-order valence-corrected chi connectivity index (χ2v) is 7.01. The summed E-state index contributed by atoms with van der Waals surface area (Å²) in [4.78, 5) is 24.9. The molecule has 2 aromatic rings. The first-order valence-electron chi connectivity index (χ1n) is 6.19. The number of carbonyl (C=O) groups is 2. The normalized spacial score (nSPS) is 12.0. The van der Waals surface area contributed by atoms with Gasteiger partial charge in [0.05, 0.1) is 37.3 Å². The Morgan fingerprint density at radius 1 is 1.09 bits per heavy atom. The highest BCUT2D eigenvalue weighted by Crippen LogP contribution is 2.41. The van der Waals surface area contributed by atoms with Gasteiger partial charge >= 0.3 is 5.97 Å². The minimum Gasteiger partial charge on any atom is -0.478 e. The van der Waals surface area contributed by atoms with E-state index >= 15 is 0 Å². The number of aromatic carboxylic acids is 1. The average Bonchev–Trinajstić information content (AvgIpc) is 3.02. The van der Waals surface area contributed by atoms with E-state index in [9.17, 15) is 14.7 Å². The lowest BCUT2D eigenvalue weighted by atomic mass is 10.1. The van der Waals surface area contributed by atoms with E-state index in [1.54, 1.807) is 6.92 Å². The number of amides is 1. The van der Waals surface area contributed by atoms with Crippen LogP contribution in [0.2, 0.25) is 20.1 Å². The van der Waals surface area contributed by atoms with Crippen LogP contribution in [0, 0.1) is 0 Å². The Kier molecular flexibility index (Phi) is 5.81. The Bertz CT molecular complexity index is 777. The maximum atomic E-state index is 12.5. The van der Waals surface area contributed by atoms with E-state index in [2.05, 4.69) is 5.32 Å². The number of carboxylic acids is 1. The van der Waals surface area contributed by atoms with Crippen LogP contribution in [0.1, 0.15) is 38.6 Å². The highest BCUT2D eigenvalue weighted by molar-refractivity contribution is 7.10. The summed E-state index contributed by atoms with van der Waals surface area (Å²) in [6.45, 7) is 1.76. The molecule has 1 aromatic carbocycles. The summed E-state index contributed by atoms with van der Waals surface area (Å²) in [5.74, 6) is -2.13. The quantitative estimate of drug-likeness (QED) is 0.510. The summed E-state index contributed by atoms with van der Waals surface area (Å²) < 4.78 is 0. The van der Waals surface area contributed by atoms with Crippen molar-refractivity contribution < 1.29 is 14.7 Å². The fourth-order valence-electron chi connectivity index (χ4n) is 1.92. The molecule has 0 fully saturated rings. The van der Waals surface area contributed by atoms with Crippen molar-refractivity contribution >= 4 is 69.6 Å². The number of carboxylic acid groups (broad SMARTS) is 1. The number of benzene rings is 1. The monoisotopic (exact) mass is 411 g/mol. The van der Waals surface area contributed by atoms with E-state index in [1.165, 1.54) is 11.3 Å². The van der Waals surface area contributed by atoms with Crippen molar-refractivity contribution in [1.82, 2.24) is 5.32 Å². The van der Waals surface area contributed by atoms with Crippen LogP contribution < -0.4 is 5.32 Å². The van der Waals surface area contributed by atoms with Crippen LogP contribution >= 0.6 is 57.7 Å². The van der Waals surface area contributed by atoms with Gasteiger partial charge in [-0.2, -0.15) is 0 Å². The predicted octanol–water partition coefficient (Wildman–Crippen LogP) is 5.55. The molecule has 4 nitrogen and oxygen atoms in total. The molecule has 0 spiro atoms. The van der Waals surface area contributed by atoms with Crippen LogP contribution in [0.5, 0.6) is 0 Å². The summed E-state index contributed by atoms with van der Waals surface area (Å²) in [5.41, 5.74) is -0.802. The van der Waals surface area contributed by atoms with Crippen molar-refractivity contribution in [1.29, 1.82) is 0 Å². The summed E-state index contributed by atoms with van der Waals surface area (Å²) >= 11 is 25.2. The molecule has 0 saturated heterocycles. The molecule has 1 amide bonds. The summed E-state index contributed by atoms with van der Waals surface area (Å²) in [6, 6.07) is 3.35. The summed E-state index contributed by atoms with van der Waals surface area (Å²) in [7, 11) is 0. The maximum absolute atomic E-state index is 12.5. The summed E-state index contributed by atoms with van der Waals surface area (Å²) in [6.07, 6.45) is 0. The molecule has 1 heterocycles.